The standard InChI is InChI=1S/C36H34BrN4O4SSi/c1-36(2,3)32(45-47(28-16-7-5-8-17-28)29-18-9-6-10-19-29)25-14-13-15-27(22-25)41-33-26(23-38-34(39-33)46(4,43)44)24-40(35(41)42)31-21-12-11-20-30(31)37/h5-23,32H,24H2,1-4H3. The van der Waals surface area contributed by atoms with Gasteiger partial charge in [-0.25, -0.2) is 23.1 Å². The zero-order chi connectivity index (χ0) is 33.3. The first-order chi connectivity index (χ1) is 22.4. The van der Waals surface area contributed by atoms with Crippen LogP contribution in [0.2, 0.25) is 0 Å². The van der Waals surface area contributed by atoms with Crippen molar-refractivity contribution in [3.05, 3.63) is 131 Å². The van der Waals surface area contributed by atoms with Crippen LogP contribution < -0.4 is 20.2 Å². The van der Waals surface area contributed by atoms with E-state index in [2.05, 4.69) is 70.9 Å². The Morgan fingerprint density at radius 2 is 1.49 bits per heavy atom. The Bertz CT molecular complexity index is 1980. The molecule has 0 spiro atoms. The highest BCUT2D eigenvalue weighted by molar-refractivity contribution is 9.10. The minimum atomic E-state index is -3.74. The second-order valence-corrected chi connectivity index (χ2v) is 17.3. The summed E-state index contributed by atoms with van der Waals surface area (Å²) in [5, 5.41) is 1.92. The molecule has 1 aliphatic heterocycles. The van der Waals surface area contributed by atoms with Gasteiger partial charge in [0, 0.05) is 22.5 Å². The number of urea groups is 1. The molecular formula is C36H34BrN4O4SSi. The van der Waals surface area contributed by atoms with Gasteiger partial charge in [0.1, 0.15) is 0 Å². The monoisotopic (exact) mass is 725 g/mol. The highest BCUT2D eigenvalue weighted by Crippen LogP contribution is 2.41. The van der Waals surface area contributed by atoms with Crippen LogP contribution >= 0.6 is 15.9 Å². The van der Waals surface area contributed by atoms with Crippen LogP contribution in [0.3, 0.4) is 0 Å². The molecule has 0 bridgehead atoms. The number of sulfone groups is 1. The lowest BCUT2D eigenvalue weighted by molar-refractivity contribution is 0.0897. The van der Waals surface area contributed by atoms with Gasteiger partial charge in [-0.2, -0.15) is 4.98 Å². The van der Waals surface area contributed by atoms with Gasteiger partial charge < -0.3 is 4.43 Å². The van der Waals surface area contributed by atoms with Gasteiger partial charge >= 0.3 is 6.03 Å². The number of amides is 2. The molecule has 1 unspecified atom stereocenters. The summed E-state index contributed by atoms with van der Waals surface area (Å²) in [7, 11) is -5.41. The number of anilines is 3. The Hall–Kier alpha value is -4.16. The van der Waals surface area contributed by atoms with E-state index in [1.54, 1.807) is 4.90 Å². The molecule has 239 valence electrons. The van der Waals surface area contributed by atoms with Crippen LogP contribution in [0.25, 0.3) is 0 Å². The molecule has 11 heteroatoms. The number of para-hydroxylation sites is 1. The molecule has 8 nitrogen and oxygen atoms in total. The van der Waals surface area contributed by atoms with Crippen molar-refractivity contribution in [1.82, 2.24) is 9.97 Å². The van der Waals surface area contributed by atoms with E-state index in [1.165, 1.54) is 11.1 Å². The van der Waals surface area contributed by atoms with Crippen LogP contribution in [0.15, 0.2) is 125 Å². The lowest BCUT2D eigenvalue weighted by Gasteiger charge is -2.37. The number of carbonyl (C=O) groups excluding carboxylic acids is 1. The molecule has 0 fully saturated rings. The van der Waals surface area contributed by atoms with E-state index in [0.717, 1.165) is 26.7 Å². The first-order valence-electron chi connectivity index (χ1n) is 15.1. The van der Waals surface area contributed by atoms with E-state index >= 15 is 0 Å². The van der Waals surface area contributed by atoms with Gasteiger partial charge in [0.2, 0.25) is 15.0 Å². The Kier molecular flexibility index (Phi) is 9.17. The molecule has 4 aromatic carbocycles. The van der Waals surface area contributed by atoms with E-state index in [9.17, 15) is 13.2 Å². The van der Waals surface area contributed by atoms with Crippen molar-refractivity contribution in [2.45, 2.75) is 38.6 Å². The van der Waals surface area contributed by atoms with Crippen molar-refractivity contribution in [3.8, 4) is 0 Å². The van der Waals surface area contributed by atoms with Crippen LogP contribution in [0.5, 0.6) is 0 Å². The minimum absolute atomic E-state index is 0.171. The highest BCUT2D eigenvalue weighted by Gasteiger charge is 2.37. The van der Waals surface area contributed by atoms with E-state index in [4.69, 9.17) is 4.43 Å². The predicted molar refractivity (Wildman–Crippen MR) is 191 cm³/mol. The van der Waals surface area contributed by atoms with E-state index in [1.807, 2.05) is 84.9 Å². The molecule has 1 atom stereocenters. The molecule has 47 heavy (non-hydrogen) atoms. The molecule has 2 amide bonds. The topological polar surface area (TPSA) is 92.7 Å². The van der Waals surface area contributed by atoms with Crippen LogP contribution in [-0.4, -0.2) is 39.7 Å². The molecule has 6 rings (SSSR count). The summed E-state index contributed by atoms with van der Waals surface area (Å²) in [4.78, 5) is 26.1. The van der Waals surface area contributed by atoms with Crippen molar-refractivity contribution < 1.29 is 17.6 Å². The quantitative estimate of drug-likeness (QED) is 0.129. The third-order valence-corrected chi connectivity index (χ3v) is 11.5. The van der Waals surface area contributed by atoms with Crippen LogP contribution in [0, 0.1) is 5.41 Å². The van der Waals surface area contributed by atoms with E-state index in [-0.39, 0.29) is 35.1 Å². The normalized spacial score (nSPS) is 14.3. The third-order valence-electron chi connectivity index (χ3n) is 7.78. The molecule has 2 heterocycles. The summed E-state index contributed by atoms with van der Waals surface area (Å²) in [5.74, 6) is 0.234. The van der Waals surface area contributed by atoms with Gasteiger partial charge in [-0.05, 0) is 61.5 Å². The highest BCUT2D eigenvalue weighted by atomic mass is 79.9. The third kappa shape index (κ3) is 6.94. The Morgan fingerprint density at radius 3 is 2.09 bits per heavy atom. The SMILES string of the molecule is CC(C)(C)C(O[Si](c1ccccc1)c1ccccc1)c1cccc(N2C(=O)N(c3ccccc3Br)Cc3cnc(S(C)(=O)=O)nc32)c1. The maximum absolute atomic E-state index is 14.4. The van der Waals surface area contributed by atoms with Gasteiger partial charge in [-0.15, -0.1) is 0 Å². The summed E-state index contributed by atoms with van der Waals surface area (Å²) in [5.41, 5.74) is 2.38. The first-order valence-corrected chi connectivity index (χ1v) is 19.2. The van der Waals surface area contributed by atoms with Crippen molar-refractivity contribution in [2.24, 2.45) is 5.41 Å². The fourth-order valence-corrected chi connectivity index (χ4v) is 8.89. The Balaban J connectivity index is 1.47. The first kappa shape index (κ1) is 32.8. The van der Waals surface area contributed by atoms with Crippen molar-refractivity contribution in [3.63, 3.8) is 0 Å². The van der Waals surface area contributed by atoms with Crippen LogP contribution in [0.4, 0.5) is 22.0 Å². The van der Waals surface area contributed by atoms with Crippen molar-refractivity contribution in [1.29, 1.82) is 0 Å². The number of rotatable bonds is 8. The van der Waals surface area contributed by atoms with Crippen LogP contribution in [0.1, 0.15) is 38.0 Å². The zero-order valence-corrected chi connectivity index (χ0v) is 29.9. The van der Waals surface area contributed by atoms with Crippen molar-refractivity contribution >= 4 is 68.4 Å². The van der Waals surface area contributed by atoms with Gasteiger partial charge in [0.15, 0.2) is 5.82 Å². The minimum Gasteiger partial charge on any atom is -0.400 e. The maximum atomic E-state index is 14.4. The largest absolute Gasteiger partial charge is 0.400 e. The average molecular weight is 727 g/mol. The fourth-order valence-electron chi connectivity index (χ4n) is 5.58. The molecule has 0 saturated carbocycles. The molecule has 0 saturated heterocycles. The maximum Gasteiger partial charge on any atom is 0.335 e. The number of benzene rings is 4. The van der Waals surface area contributed by atoms with Crippen molar-refractivity contribution in [2.75, 3.05) is 16.1 Å². The zero-order valence-electron chi connectivity index (χ0n) is 26.5. The van der Waals surface area contributed by atoms with E-state index in [0.29, 0.717) is 16.9 Å². The molecule has 5 aromatic rings. The fraction of sp³-hybridized carbons (Fsp3) is 0.194. The number of fused-ring (bicyclic) bond motifs is 1. The lowest BCUT2D eigenvalue weighted by atomic mass is 9.84. The Labute approximate surface area is 285 Å². The van der Waals surface area contributed by atoms with Gasteiger partial charge in [0.25, 0.3) is 9.04 Å². The van der Waals surface area contributed by atoms with E-state index < -0.39 is 18.9 Å². The molecule has 1 radical (unpaired) electrons. The average Bonchev–Trinajstić information content (AvgIpc) is 3.05. The number of carbonyl (C=O) groups is 1. The Morgan fingerprint density at radius 1 is 0.872 bits per heavy atom. The molecule has 0 N–H and O–H groups in total. The summed E-state index contributed by atoms with van der Waals surface area (Å²) in [6.07, 6.45) is 2.19. The summed E-state index contributed by atoms with van der Waals surface area (Å²) in [6.45, 7) is 6.59. The summed E-state index contributed by atoms with van der Waals surface area (Å²) in [6, 6.07) is 35.3. The molecule has 0 aliphatic carbocycles. The number of nitrogens with zero attached hydrogens (tertiary/aromatic N) is 4. The molecule has 1 aromatic heterocycles. The second kappa shape index (κ2) is 13.2. The number of aromatic nitrogens is 2. The summed E-state index contributed by atoms with van der Waals surface area (Å²) >= 11 is 3.59. The predicted octanol–water partition coefficient (Wildman–Crippen LogP) is 6.83. The lowest BCUT2D eigenvalue weighted by Crippen LogP contribution is -2.47. The smallest absolute Gasteiger partial charge is 0.335 e. The summed E-state index contributed by atoms with van der Waals surface area (Å²) < 4.78 is 32.9. The van der Waals surface area contributed by atoms with Crippen LogP contribution in [-0.2, 0) is 20.8 Å². The second-order valence-electron chi connectivity index (χ2n) is 12.4. The number of hydrogen-bond acceptors (Lipinski definition) is 6. The number of hydrogen-bond donors (Lipinski definition) is 0. The molecule has 1 aliphatic rings. The van der Waals surface area contributed by atoms with Gasteiger partial charge in [-0.1, -0.05) is 106 Å². The van der Waals surface area contributed by atoms with Gasteiger partial charge in [-0.3, -0.25) is 4.90 Å². The number of halogens is 1. The van der Waals surface area contributed by atoms with Gasteiger partial charge in [0.05, 0.1) is 24.0 Å². The molecular weight excluding hydrogens is 692 g/mol.